The molecule has 0 aliphatic carbocycles. The topological polar surface area (TPSA) is 80.2 Å². The number of para-hydroxylation sites is 3. The first-order valence-corrected chi connectivity index (χ1v) is 14.5. The number of hydrogen-bond acceptors (Lipinski definition) is 4. The van der Waals surface area contributed by atoms with Crippen LogP contribution in [0, 0.1) is 11.3 Å². The molecule has 0 saturated carbocycles. The third kappa shape index (κ3) is 4.25. The molecule has 2 heterocycles. The van der Waals surface area contributed by atoms with Crippen molar-refractivity contribution >= 4 is 55.6 Å². The van der Waals surface area contributed by atoms with Crippen LogP contribution in [-0.4, -0.2) is 10.8 Å². The molecular weight excluding hydrogens is 540 g/mol. The second-order valence-corrected chi connectivity index (χ2v) is 10.9. The van der Waals surface area contributed by atoms with Crippen LogP contribution in [0.4, 0.5) is 5.69 Å². The van der Waals surface area contributed by atoms with Gasteiger partial charge in [-0.15, -0.1) is 0 Å². The molecule has 2 N–H and O–H groups in total. The zero-order chi connectivity index (χ0) is 29.6. The van der Waals surface area contributed by atoms with Crippen molar-refractivity contribution in [3.8, 4) is 11.8 Å². The van der Waals surface area contributed by atoms with E-state index in [0.29, 0.717) is 5.56 Å². The van der Waals surface area contributed by atoms with Gasteiger partial charge in [0.05, 0.1) is 34.4 Å². The van der Waals surface area contributed by atoms with E-state index in [9.17, 15) is 5.26 Å². The Hall–Kier alpha value is -5.96. The number of fused-ring (bicyclic) bond motifs is 6. The van der Waals surface area contributed by atoms with Crippen LogP contribution in [0.3, 0.4) is 0 Å². The van der Waals surface area contributed by atoms with Crippen LogP contribution in [0.25, 0.3) is 49.4 Å². The average Bonchev–Trinajstić information content (AvgIpc) is 3.61. The van der Waals surface area contributed by atoms with E-state index >= 15 is 0 Å². The minimum absolute atomic E-state index is 0.406. The maximum atomic E-state index is 9.35. The molecule has 2 aromatic heterocycles. The number of furan rings is 1. The summed E-state index contributed by atoms with van der Waals surface area (Å²) in [6.45, 7) is 0. The number of nitrogens with two attached hydrogens (primary N) is 1. The average molecular weight is 567 g/mol. The van der Waals surface area contributed by atoms with Gasteiger partial charge in [0.2, 0.25) is 0 Å². The van der Waals surface area contributed by atoms with E-state index in [1.807, 2.05) is 66.9 Å². The van der Waals surface area contributed by atoms with Crippen LogP contribution in [-0.2, 0) is 0 Å². The van der Waals surface area contributed by atoms with Crippen LogP contribution in [0.2, 0.25) is 0 Å². The number of hydrogen-bond donors (Lipinski definition) is 1. The molecule has 6 aromatic carbocycles. The molecule has 1 atom stereocenters. The molecule has 5 heteroatoms. The Balaban J connectivity index is 1.23. The van der Waals surface area contributed by atoms with Crippen molar-refractivity contribution in [1.82, 2.24) is 4.57 Å². The first kappa shape index (κ1) is 25.7. The van der Waals surface area contributed by atoms with Gasteiger partial charge in [-0.3, -0.25) is 4.99 Å². The smallest absolute Gasteiger partial charge is 0.136 e. The molecule has 0 fully saturated rings. The fraction of sp³-hybridized carbons (Fsp3) is 0.0256. The number of nitrogens with zero attached hydrogens (tertiary/aromatic N) is 3. The molecule has 8 aromatic rings. The molecule has 44 heavy (non-hydrogen) atoms. The third-order valence-electron chi connectivity index (χ3n) is 8.30. The summed E-state index contributed by atoms with van der Waals surface area (Å²) in [6, 6.07) is 46.6. The summed E-state index contributed by atoms with van der Waals surface area (Å²) in [4.78, 5) is 4.89. The molecule has 208 valence electrons. The Morgan fingerprint density at radius 3 is 2.39 bits per heavy atom. The highest BCUT2D eigenvalue weighted by molar-refractivity contribution is 6.17. The largest absolute Gasteiger partial charge is 0.456 e. The van der Waals surface area contributed by atoms with Crippen molar-refractivity contribution < 1.29 is 4.42 Å². The molecule has 0 aliphatic rings. The summed E-state index contributed by atoms with van der Waals surface area (Å²) in [5.41, 5.74) is 15.9. The molecule has 0 bridgehead atoms. The lowest BCUT2D eigenvalue weighted by Gasteiger charge is -2.15. The van der Waals surface area contributed by atoms with Crippen LogP contribution < -0.4 is 5.73 Å². The van der Waals surface area contributed by atoms with Crippen LogP contribution >= 0.6 is 0 Å². The van der Waals surface area contributed by atoms with Gasteiger partial charge in [-0.05, 0) is 71.3 Å². The van der Waals surface area contributed by atoms with Gasteiger partial charge >= 0.3 is 0 Å². The Morgan fingerprint density at radius 1 is 0.682 bits per heavy atom. The van der Waals surface area contributed by atoms with Crippen LogP contribution in [0.15, 0.2) is 143 Å². The van der Waals surface area contributed by atoms with E-state index < -0.39 is 6.04 Å². The molecular formula is C39H26N4O. The summed E-state index contributed by atoms with van der Waals surface area (Å²) < 4.78 is 8.55. The van der Waals surface area contributed by atoms with Crippen molar-refractivity contribution in [2.75, 3.05) is 0 Å². The van der Waals surface area contributed by atoms with Crippen molar-refractivity contribution in [1.29, 1.82) is 5.26 Å². The second kappa shape index (κ2) is 10.4. The molecule has 0 aliphatic heterocycles. The Bertz CT molecular complexity index is 2440. The minimum atomic E-state index is -0.406. The van der Waals surface area contributed by atoms with E-state index in [-0.39, 0.29) is 0 Å². The van der Waals surface area contributed by atoms with Gasteiger partial charge in [0.25, 0.3) is 0 Å². The number of benzene rings is 6. The lowest BCUT2D eigenvalue weighted by atomic mass is 9.97. The summed E-state index contributed by atoms with van der Waals surface area (Å²) in [5.74, 6) is 0. The molecule has 0 radical (unpaired) electrons. The van der Waals surface area contributed by atoms with Crippen molar-refractivity contribution in [2.24, 2.45) is 10.7 Å². The van der Waals surface area contributed by atoms with Gasteiger partial charge in [-0.2, -0.15) is 5.26 Å². The quantitative estimate of drug-likeness (QED) is 0.211. The minimum Gasteiger partial charge on any atom is -0.456 e. The lowest BCUT2D eigenvalue weighted by Crippen LogP contribution is -2.12. The maximum Gasteiger partial charge on any atom is 0.136 e. The number of aromatic nitrogens is 1. The maximum absolute atomic E-state index is 9.35. The normalized spacial score (nSPS) is 12.5. The van der Waals surface area contributed by atoms with E-state index in [0.717, 1.165) is 66.4 Å². The van der Waals surface area contributed by atoms with Gasteiger partial charge in [-0.1, -0.05) is 78.9 Å². The monoisotopic (exact) mass is 566 g/mol. The SMILES string of the molecule is N#Cc1cccc(C(N)c2ccccc2N=Cc2cccc(-n3c4ccccc4c4cc5oc6ccccc6c5cc43)c2)c1. The van der Waals surface area contributed by atoms with Gasteiger partial charge in [0, 0.05) is 33.4 Å². The molecule has 1 unspecified atom stereocenters. The van der Waals surface area contributed by atoms with Gasteiger partial charge < -0.3 is 14.7 Å². The number of aliphatic imine (C=N–C) groups is 1. The predicted octanol–water partition coefficient (Wildman–Crippen LogP) is 9.35. The first-order valence-electron chi connectivity index (χ1n) is 14.5. The van der Waals surface area contributed by atoms with E-state index in [1.54, 1.807) is 6.07 Å². The fourth-order valence-electron chi connectivity index (χ4n) is 6.20. The summed E-state index contributed by atoms with van der Waals surface area (Å²) in [7, 11) is 0. The zero-order valence-electron chi connectivity index (χ0n) is 23.7. The van der Waals surface area contributed by atoms with Gasteiger partial charge in [0.1, 0.15) is 11.2 Å². The zero-order valence-corrected chi connectivity index (χ0v) is 23.7. The third-order valence-corrected chi connectivity index (χ3v) is 8.30. The predicted molar refractivity (Wildman–Crippen MR) is 179 cm³/mol. The van der Waals surface area contributed by atoms with E-state index in [1.165, 1.54) is 5.39 Å². The van der Waals surface area contributed by atoms with Crippen molar-refractivity contribution in [3.05, 3.63) is 156 Å². The van der Waals surface area contributed by atoms with E-state index in [2.05, 4.69) is 77.4 Å². The summed E-state index contributed by atoms with van der Waals surface area (Å²) in [5, 5.41) is 13.9. The van der Waals surface area contributed by atoms with Crippen molar-refractivity contribution in [3.63, 3.8) is 0 Å². The van der Waals surface area contributed by atoms with E-state index in [4.69, 9.17) is 15.1 Å². The van der Waals surface area contributed by atoms with Crippen LogP contribution in [0.1, 0.15) is 28.3 Å². The van der Waals surface area contributed by atoms with Gasteiger partial charge in [0.15, 0.2) is 0 Å². The number of rotatable bonds is 5. The van der Waals surface area contributed by atoms with Gasteiger partial charge in [-0.25, -0.2) is 0 Å². The highest BCUT2D eigenvalue weighted by Crippen LogP contribution is 2.38. The molecule has 0 spiro atoms. The highest BCUT2D eigenvalue weighted by atomic mass is 16.3. The first-order chi connectivity index (χ1) is 21.7. The molecule has 0 saturated heterocycles. The Morgan fingerprint density at radius 2 is 1.48 bits per heavy atom. The Labute approximate surface area is 253 Å². The second-order valence-electron chi connectivity index (χ2n) is 10.9. The lowest BCUT2D eigenvalue weighted by molar-refractivity contribution is 0.669. The van der Waals surface area contributed by atoms with Crippen molar-refractivity contribution in [2.45, 2.75) is 6.04 Å². The number of nitriles is 1. The molecule has 8 rings (SSSR count). The highest BCUT2D eigenvalue weighted by Gasteiger charge is 2.17. The Kier molecular flexibility index (Phi) is 6.08. The summed E-state index contributed by atoms with van der Waals surface area (Å²) >= 11 is 0. The fourth-order valence-corrected chi connectivity index (χ4v) is 6.20. The summed E-state index contributed by atoms with van der Waals surface area (Å²) in [6.07, 6.45) is 1.89. The van der Waals surface area contributed by atoms with Crippen LogP contribution in [0.5, 0.6) is 0 Å². The molecule has 5 nitrogen and oxygen atoms in total. The standard InChI is InChI=1S/C39H26N4O/c40-23-25-9-7-11-27(19-25)39(41)31-15-1-4-16-34(31)42-24-26-10-8-12-28(20-26)43-35-17-5-2-13-29(35)32-22-38-33(21-36(32)43)30-14-3-6-18-37(30)44-38/h1-22,24,39H,41H2. The molecule has 0 amide bonds.